The average molecular weight is 648 g/mol. The Morgan fingerprint density at radius 2 is 1.80 bits per heavy atom. The molecule has 0 aromatic carbocycles. The predicted molar refractivity (Wildman–Crippen MR) is 153 cm³/mol. The van der Waals surface area contributed by atoms with Crippen LogP contribution in [0.3, 0.4) is 0 Å². The highest BCUT2D eigenvalue weighted by atomic mass is 19.4. The second-order valence-electron chi connectivity index (χ2n) is 12.1. The summed E-state index contributed by atoms with van der Waals surface area (Å²) in [4.78, 5) is 30.3. The molecule has 2 amide bonds. The molecule has 1 unspecified atom stereocenters. The molecule has 0 spiro atoms. The number of hydrogen-bond acceptors (Lipinski definition) is 7. The SMILES string of the molecule is C=C(C#N)CCCn1cc(C(=O)N[C@H](c2cn3ncc(C(NC(=O)CCC(F)(F)F)C4CC4)cc3n2)C2CCC(F)(F)CC2)nn1. The summed E-state index contributed by atoms with van der Waals surface area (Å²) in [7, 11) is 0. The van der Waals surface area contributed by atoms with E-state index in [9.17, 15) is 31.5 Å². The Hall–Kier alpha value is -4.42. The second-order valence-corrected chi connectivity index (χ2v) is 12.1. The minimum Gasteiger partial charge on any atom is -0.349 e. The van der Waals surface area contributed by atoms with Crippen molar-refractivity contribution in [3.8, 4) is 6.07 Å². The van der Waals surface area contributed by atoms with Crippen LogP contribution >= 0.6 is 0 Å². The maximum absolute atomic E-state index is 14.1. The fourth-order valence-electron chi connectivity index (χ4n) is 5.70. The average Bonchev–Trinajstić information content (AvgIpc) is 3.58. The van der Waals surface area contributed by atoms with Crippen molar-refractivity contribution < 1.29 is 31.5 Å². The Labute approximate surface area is 261 Å². The number of carbonyl (C=O) groups excluding carboxylic acids is 2. The number of imidazole rings is 1. The van der Waals surface area contributed by atoms with Gasteiger partial charge in [0, 0.05) is 31.4 Å². The molecule has 0 bridgehead atoms. The molecule has 5 rings (SSSR count). The number of fused-ring (bicyclic) bond motifs is 1. The molecule has 2 aliphatic rings. The van der Waals surface area contributed by atoms with Crippen molar-refractivity contribution in [2.75, 3.05) is 0 Å². The van der Waals surface area contributed by atoms with E-state index < -0.39 is 48.8 Å². The molecule has 46 heavy (non-hydrogen) atoms. The number of amides is 2. The van der Waals surface area contributed by atoms with Crippen LogP contribution in [0, 0.1) is 23.2 Å². The molecule has 3 heterocycles. The zero-order chi connectivity index (χ0) is 33.1. The van der Waals surface area contributed by atoms with E-state index in [4.69, 9.17) is 5.26 Å². The van der Waals surface area contributed by atoms with Gasteiger partial charge in [-0.25, -0.2) is 18.3 Å². The summed E-state index contributed by atoms with van der Waals surface area (Å²) in [5.74, 6) is -4.35. The largest absolute Gasteiger partial charge is 0.389 e. The number of aromatic nitrogens is 6. The van der Waals surface area contributed by atoms with E-state index in [1.54, 1.807) is 12.3 Å². The fraction of sp³-hybridized carbons (Fsp3) is 0.567. The molecular formula is C30H34F5N9O2. The molecule has 2 N–H and O–H groups in total. The van der Waals surface area contributed by atoms with Crippen LogP contribution in [-0.4, -0.2) is 53.5 Å². The number of nitriles is 1. The Bertz CT molecular complexity index is 1610. The number of alkyl halides is 5. The van der Waals surface area contributed by atoms with Crippen molar-refractivity contribution in [1.82, 2.24) is 40.2 Å². The first-order valence-electron chi connectivity index (χ1n) is 15.2. The minimum atomic E-state index is -4.44. The number of aryl methyl sites for hydroxylation is 1. The topological polar surface area (TPSA) is 143 Å². The molecule has 0 aliphatic heterocycles. The molecule has 3 aromatic rings. The van der Waals surface area contributed by atoms with E-state index >= 15 is 0 Å². The Kier molecular flexibility index (Phi) is 9.68. The number of nitrogens with one attached hydrogen (secondary N) is 2. The highest BCUT2D eigenvalue weighted by Crippen LogP contribution is 2.43. The molecule has 16 heteroatoms. The Morgan fingerprint density at radius 1 is 1.09 bits per heavy atom. The molecule has 2 fully saturated rings. The maximum atomic E-state index is 14.1. The molecule has 0 radical (unpaired) electrons. The van der Waals surface area contributed by atoms with Gasteiger partial charge in [0.25, 0.3) is 5.91 Å². The summed E-state index contributed by atoms with van der Waals surface area (Å²) < 4.78 is 69.0. The number of nitrogens with zero attached hydrogens (tertiary/aromatic N) is 7. The van der Waals surface area contributed by atoms with Crippen molar-refractivity contribution in [3.05, 3.63) is 53.8 Å². The fourth-order valence-corrected chi connectivity index (χ4v) is 5.70. The number of halogens is 5. The minimum absolute atomic E-state index is 0.0305. The number of carbonyl (C=O) groups is 2. The van der Waals surface area contributed by atoms with Crippen LogP contribution in [0.4, 0.5) is 22.0 Å². The van der Waals surface area contributed by atoms with Crippen LogP contribution in [0.2, 0.25) is 0 Å². The third-order valence-electron chi connectivity index (χ3n) is 8.40. The molecule has 2 saturated carbocycles. The zero-order valence-corrected chi connectivity index (χ0v) is 24.9. The van der Waals surface area contributed by atoms with Crippen molar-refractivity contribution in [3.63, 3.8) is 0 Å². The molecule has 3 aromatic heterocycles. The van der Waals surface area contributed by atoms with Gasteiger partial charge in [0.15, 0.2) is 11.3 Å². The van der Waals surface area contributed by atoms with Crippen LogP contribution < -0.4 is 10.6 Å². The lowest BCUT2D eigenvalue weighted by Crippen LogP contribution is -2.37. The van der Waals surface area contributed by atoms with Gasteiger partial charge in [-0.2, -0.15) is 23.5 Å². The standard InChI is InChI=1S/C30H34F5N9O2/c1-18(14-36)3-2-12-43-16-23(41-42-43)28(46)40-27(20-6-9-29(31,32)10-7-20)22-17-44-24(38-22)13-21(15-37-44)26(19-4-5-19)39-25(45)8-11-30(33,34)35/h13,15-17,19-20,26-27H,1-12H2,(H,39,45)(H,40,46)/t26?,27-/m0/s1. The van der Waals surface area contributed by atoms with Crippen molar-refractivity contribution >= 4 is 17.5 Å². The first-order chi connectivity index (χ1) is 21.8. The van der Waals surface area contributed by atoms with Crippen LogP contribution in [0.5, 0.6) is 0 Å². The summed E-state index contributed by atoms with van der Waals surface area (Å²) in [5, 5.41) is 26.8. The van der Waals surface area contributed by atoms with Gasteiger partial charge in [-0.05, 0) is 62.0 Å². The van der Waals surface area contributed by atoms with Gasteiger partial charge in [0.2, 0.25) is 11.8 Å². The van der Waals surface area contributed by atoms with Gasteiger partial charge in [-0.15, -0.1) is 5.10 Å². The third kappa shape index (κ3) is 8.64. The van der Waals surface area contributed by atoms with Gasteiger partial charge >= 0.3 is 6.18 Å². The zero-order valence-electron chi connectivity index (χ0n) is 24.9. The van der Waals surface area contributed by atoms with Crippen LogP contribution in [0.1, 0.15) is 98.0 Å². The highest BCUT2D eigenvalue weighted by Gasteiger charge is 2.40. The summed E-state index contributed by atoms with van der Waals surface area (Å²) in [6.07, 6.45) is 0.531. The van der Waals surface area contributed by atoms with E-state index in [0.717, 1.165) is 12.8 Å². The van der Waals surface area contributed by atoms with E-state index in [2.05, 4.69) is 37.6 Å². The summed E-state index contributed by atoms with van der Waals surface area (Å²) in [6.45, 7) is 4.05. The summed E-state index contributed by atoms with van der Waals surface area (Å²) in [6, 6.07) is 2.38. The van der Waals surface area contributed by atoms with Gasteiger partial charge in [-0.1, -0.05) is 11.8 Å². The molecule has 0 saturated heterocycles. The van der Waals surface area contributed by atoms with E-state index in [1.165, 1.54) is 21.6 Å². The number of hydrogen-bond donors (Lipinski definition) is 2. The lowest BCUT2D eigenvalue weighted by molar-refractivity contribution is -0.144. The quantitative estimate of drug-likeness (QED) is 0.187. The van der Waals surface area contributed by atoms with Crippen molar-refractivity contribution in [2.24, 2.45) is 11.8 Å². The molecule has 2 aliphatic carbocycles. The highest BCUT2D eigenvalue weighted by molar-refractivity contribution is 5.92. The molecule has 11 nitrogen and oxygen atoms in total. The Morgan fingerprint density at radius 3 is 2.48 bits per heavy atom. The van der Waals surface area contributed by atoms with Crippen LogP contribution in [0.15, 0.2) is 36.8 Å². The predicted octanol–water partition coefficient (Wildman–Crippen LogP) is 5.39. The lowest BCUT2D eigenvalue weighted by atomic mass is 9.81. The number of allylic oxidation sites excluding steroid dienone is 1. The van der Waals surface area contributed by atoms with E-state index in [-0.39, 0.29) is 43.2 Å². The first kappa shape index (κ1) is 33.0. The summed E-state index contributed by atoms with van der Waals surface area (Å²) in [5.41, 5.74) is 1.81. The third-order valence-corrected chi connectivity index (χ3v) is 8.40. The second kappa shape index (κ2) is 13.5. The van der Waals surface area contributed by atoms with E-state index in [1.807, 2.05) is 6.07 Å². The molecule has 2 atom stereocenters. The van der Waals surface area contributed by atoms with Gasteiger partial charge in [-0.3, -0.25) is 14.3 Å². The van der Waals surface area contributed by atoms with E-state index in [0.29, 0.717) is 41.9 Å². The first-order valence-corrected chi connectivity index (χ1v) is 15.2. The maximum Gasteiger partial charge on any atom is 0.389 e. The van der Waals surface area contributed by atoms with Gasteiger partial charge < -0.3 is 10.6 Å². The van der Waals surface area contributed by atoms with Gasteiger partial charge in [0.1, 0.15) is 0 Å². The van der Waals surface area contributed by atoms with Crippen molar-refractivity contribution in [1.29, 1.82) is 5.26 Å². The smallest absolute Gasteiger partial charge is 0.349 e. The normalized spacial score (nSPS) is 18.1. The Balaban J connectivity index is 1.34. The number of rotatable bonds is 13. The van der Waals surface area contributed by atoms with Gasteiger partial charge in [0.05, 0.1) is 48.9 Å². The van der Waals surface area contributed by atoms with Crippen LogP contribution in [-0.2, 0) is 11.3 Å². The molecular weight excluding hydrogens is 613 g/mol. The monoisotopic (exact) mass is 647 g/mol. The van der Waals surface area contributed by atoms with Crippen LogP contribution in [0.25, 0.3) is 5.65 Å². The van der Waals surface area contributed by atoms with Crippen molar-refractivity contribution in [2.45, 2.75) is 94.9 Å². The molecule has 246 valence electrons. The lowest BCUT2D eigenvalue weighted by Gasteiger charge is -2.33. The summed E-state index contributed by atoms with van der Waals surface area (Å²) >= 11 is 0.